The molecule has 0 saturated heterocycles. The maximum absolute atomic E-state index is 12.6. The van der Waals surface area contributed by atoms with Crippen molar-refractivity contribution in [3.63, 3.8) is 0 Å². The molecule has 4 nitrogen and oxygen atoms in total. The smallest absolute Gasteiger partial charge is 0.285 e. The normalized spacial score (nSPS) is 17.3. The Kier molecular flexibility index (Phi) is 5.31. The van der Waals surface area contributed by atoms with Gasteiger partial charge in [-0.3, -0.25) is 4.79 Å². The summed E-state index contributed by atoms with van der Waals surface area (Å²) in [6.45, 7) is 5.83. The van der Waals surface area contributed by atoms with Gasteiger partial charge in [-0.05, 0) is 35.3 Å². The first-order valence-electron chi connectivity index (χ1n) is 6.86. The number of ketones is 1. The second-order valence-electron chi connectivity index (χ2n) is 6.20. The third-order valence-corrected chi connectivity index (χ3v) is 5.70. The van der Waals surface area contributed by atoms with E-state index in [4.69, 9.17) is 34.8 Å². The highest BCUT2D eigenvalue weighted by atomic mass is 35.5. The van der Waals surface area contributed by atoms with Crippen LogP contribution in [-0.2, 0) is 14.8 Å². The Hall–Kier alpha value is -1.14. The number of nitrogens with zero attached hydrogens (tertiary/aromatic N) is 1. The predicted molar refractivity (Wildman–Crippen MR) is 97.8 cm³/mol. The van der Waals surface area contributed by atoms with Crippen LogP contribution in [0.4, 0.5) is 0 Å². The van der Waals surface area contributed by atoms with Gasteiger partial charge in [-0.25, -0.2) is 0 Å². The van der Waals surface area contributed by atoms with Gasteiger partial charge in [0.05, 0.1) is 10.0 Å². The van der Waals surface area contributed by atoms with Crippen LogP contribution in [0, 0.1) is 5.41 Å². The molecular weight excluding hydrogens is 393 g/mol. The molecule has 1 aliphatic rings. The third kappa shape index (κ3) is 4.09. The molecule has 0 amide bonds. The Bertz CT molecular complexity index is 884. The molecule has 0 spiro atoms. The fraction of sp³-hybridized carbons (Fsp3) is 0.250. The molecule has 0 unspecified atom stereocenters. The zero-order chi connectivity index (χ0) is 18.3. The van der Waals surface area contributed by atoms with Gasteiger partial charge in [-0.2, -0.15) is 12.8 Å². The lowest BCUT2D eigenvalue weighted by Gasteiger charge is -2.22. The number of sulfonamides is 1. The van der Waals surface area contributed by atoms with Crippen LogP contribution in [0.5, 0.6) is 0 Å². The maximum atomic E-state index is 12.6. The number of allylic oxidation sites excluding steroid dienone is 4. The first-order valence-corrected chi connectivity index (χ1v) is 9.43. The molecule has 128 valence electrons. The van der Waals surface area contributed by atoms with Gasteiger partial charge in [0.1, 0.15) is 10.6 Å². The number of hydrogen-bond donors (Lipinski definition) is 0. The third-order valence-electron chi connectivity index (χ3n) is 3.26. The van der Waals surface area contributed by atoms with E-state index in [9.17, 15) is 13.2 Å². The van der Waals surface area contributed by atoms with E-state index in [-0.39, 0.29) is 31.1 Å². The van der Waals surface area contributed by atoms with Gasteiger partial charge in [-0.1, -0.05) is 61.7 Å². The first kappa shape index (κ1) is 19.2. The van der Waals surface area contributed by atoms with Gasteiger partial charge in [0.2, 0.25) is 5.78 Å². The average Bonchev–Trinajstić information content (AvgIpc) is 2.37. The van der Waals surface area contributed by atoms with E-state index in [2.05, 4.69) is 4.40 Å². The Morgan fingerprint density at radius 2 is 1.54 bits per heavy atom. The number of halogens is 3. The Labute approximate surface area is 155 Å². The molecule has 2 rings (SSSR count). The summed E-state index contributed by atoms with van der Waals surface area (Å²) in [4.78, 5) is 11.6. The summed E-state index contributed by atoms with van der Waals surface area (Å²) in [5.74, 6) is -0.507. The lowest BCUT2D eigenvalue weighted by Crippen LogP contribution is -2.20. The summed E-state index contributed by atoms with van der Waals surface area (Å²) in [7, 11) is -4.27. The maximum Gasteiger partial charge on any atom is 0.285 e. The monoisotopic (exact) mass is 405 g/mol. The molecule has 0 aromatic heterocycles. The van der Waals surface area contributed by atoms with Crippen LogP contribution in [0.2, 0.25) is 15.1 Å². The fourth-order valence-corrected chi connectivity index (χ4v) is 4.51. The van der Waals surface area contributed by atoms with Crippen LogP contribution in [0.15, 0.2) is 45.2 Å². The summed E-state index contributed by atoms with van der Waals surface area (Å²) in [5, 5.41) is -0.116. The Morgan fingerprint density at radius 3 is 2.04 bits per heavy atom. The second kappa shape index (κ2) is 6.64. The van der Waals surface area contributed by atoms with E-state index in [1.807, 2.05) is 20.8 Å². The molecule has 0 aliphatic heterocycles. The van der Waals surface area contributed by atoms with E-state index in [0.29, 0.717) is 0 Å². The molecule has 0 radical (unpaired) electrons. The van der Waals surface area contributed by atoms with E-state index in [0.717, 1.165) is 5.57 Å². The van der Waals surface area contributed by atoms with Crippen molar-refractivity contribution in [1.29, 1.82) is 0 Å². The Balaban J connectivity index is 2.60. The summed E-state index contributed by atoms with van der Waals surface area (Å²) < 4.78 is 28.7. The summed E-state index contributed by atoms with van der Waals surface area (Å²) >= 11 is 17.7. The SMILES string of the molecule is CC(C)(C)C1=CC(=NS(=O)(=O)c2c(Cl)cc(Cl)cc2Cl)C(=O)C=C1. The van der Waals surface area contributed by atoms with Crippen molar-refractivity contribution < 1.29 is 13.2 Å². The molecule has 0 saturated carbocycles. The Morgan fingerprint density at radius 1 is 1.00 bits per heavy atom. The van der Waals surface area contributed by atoms with Gasteiger partial charge in [0.15, 0.2) is 0 Å². The largest absolute Gasteiger partial charge is 0.288 e. The van der Waals surface area contributed by atoms with Crippen molar-refractivity contribution in [2.24, 2.45) is 9.81 Å². The van der Waals surface area contributed by atoms with Crippen molar-refractivity contribution in [2.75, 3.05) is 0 Å². The van der Waals surface area contributed by atoms with Crippen LogP contribution in [0.1, 0.15) is 20.8 Å². The second-order valence-corrected chi connectivity index (χ2v) is 8.99. The van der Waals surface area contributed by atoms with E-state index >= 15 is 0 Å². The van der Waals surface area contributed by atoms with Crippen LogP contribution in [0.25, 0.3) is 0 Å². The molecule has 1 aliphatic carbocycles. The van der Waals surface area contributed by atoms with Crippen molar-refractivity contribution in [1.82, 2.24) is 0 Å². The lowest BCUT2D eigenvalue weighted by atomic mass is 9.83. The number of hydrogen-bond acceptors (Lipinski definition) is 3. The van der Waals surface area contributed by atoms with Crippen LogP contribution in [-0.4, -0.2) is 19.9 Å². The molecule has 1 aromatic rings. The molecule has 0 atom stereocenters. The van der Waals surface area contributed by atoms with Crippen molar-refractivity contribution in [3.05, 3.63) is 51.0 Å². The number of rotatable bonds is 2. The highest BCUT2D eigenvalue weighted by molar-refractivity contribution is 7.90. The highest BCUT2D eigenvalue weighted by Gasteiger charge is 2.26. The standard InChI is InChI=1S/C16H14Cl3NO3S/c1-16(2,3)9-4-5-14(21)13(6-9)20-24(22,23)15-11(18)7-10(17)8-12(15)19/h4-8H,1-3H3. The van der Waals surface area contributed by atoms with E-state index < -0.39 is 15.8 Å². The minimum Gasteiger partial charge on any atom is -0.288 e. The summed E-state index contributed by atoms with van der Waals surface area (Å²) in [5.41, 5.74) is 0.325. The van der Waals surface area contributed by atoms with Crippen molar-refractivity contribution in [3.8, 4) is 0 Å². The zero-order valence-electron chi connectivity index (χ0n) is 13.1. The van der Waals surface area contributed by atoms with Gasteiger partial charge in [0, 0.05) is 5.02 Å². The molecule has 8 heteroatoms. The summed E-state index contributed by atoms with van der Waals surface area (Å²) in [6.07, 6.45) is 4.40. The quantitative estimate of drug-likeness (QED) is 0.657. The lowest BCUT2D eigenvalue weighted by molar-refractivity contribution is -0.108. The van der Waals surface area contributed by atoms with Crippen LogP contribution >= 0.6 is 34.8 Å². The summed E-state index contributed by atoms with van der Waals surface area (Å²) in [6, 6.07) is 2.50. The van der Waals surface area contributed by atoms with Gasteiger partial charge < -0.3 is 0 Å². The number of carbonyl (C=O) groups excluding carboxylic acids is 1. The molecule has 0 N–H and O–H groups in total. The van der Waals surface area contributed by atoms with Crippen LogP contribution in [0.3, 0.4) is 0 Å². The fourth-order valence-electron chi connectivity index (χ4n) is 2.01. The minimum atomic E-state index is -4.27. The van der Waals surface area contributed by atoms with E-state index in [1.54, 1.807) is 6.08 Å². The topological polar surface area (TPSA) is 63.6 Å². The molecule has 0 heterocycles. The van der Waals surface area contributed by atoms with Gasteiger partial charge >= 0.3 is 0 Å². The van der Waals surface area contributed by atoms with Gasteiger partial charge in [0.25, 0.3) is 10.0 Å². The van der Waals surface area contributed by atoms with Crippen molar-refractivity contribution >= 4 is 56.3 Å². The zero-order valence-corrected chi connectivity index (χ0v) is 16.2. The van der Waals surface area contributed by atoms with Crippen molar-refractivity contribution in [2.45, 2.75) is 25.7 Å². The highest BCUT2D eigenvalue weighted by Crippen LogP contribution is 2.34. The van der Waals surface area contributed by atoms with E-state index in [1.165, 1.54) is 24.3 Å². The van der Waals surface area contributed by atoms with Crippen LogP contribution < -0.4 is 0 Å². The minimum absolute atomic E-state index is 0.157. The molecule has 24 heavy (non-hydrogen) atoms. The predicted octanol–water partition coefficient (Wildman–Crippen LogP) is 4.89. The number of carbonyl (C=O) groups is 1. The first-order chi connectivity index (χ1) is 10.9. The molecule has 0 fully saturated rings. The molecule has 0 bridgehead atoms. The average molecular weight is 407 g/mol. The molecular formula is C16H14Cl3NO3S. The number of benzene rings is 1. The van der Waals surface area contributed by atoms with Gasteiger partial charge in [-0.15, -0.1) is 0 Å². The molecule has 1 aromatic carbocycles.